The van der Waals surface area contributed by atoms with Gasteiger partial charge in [-0.15, -0.1) is 0 Å². The summed E-state index contributed by atoms with van der Waals surface area (Å²) in [7, 11) is 1.55. The van der Waals surface area contributed by atoms with E-state index in [0.717, 1.165) is 0 Å². The van der Waals surface area contributed by atoms with Gasteiger partial charge in [0.1, 0.15) is 0 Å². The predicted octanol–water partition coefficient (Wildman–Crippen LogP) is 2.12. The van der Waals surface area contributed by atoms with Crippen LogP contribution >= 0.6 is 0 Å². The minimum absolute atomic E-state index is 0.233. The number of rotatable bonds is 4. The molecule has 1 rings (SSSR count). The van der Waals surface area contributed by atoms with Crippen LogP contribution in [0.15, 0.2) is 48.6 Å². The van der Waals surface area contributed by atoms with E-state index in [2.05, 4.69) is 10.6 Å². The van der Waals surface area contributed by atoms with Crippen molar-refractivity contribution in [2.75, 3.05) is 12.4 Å². The quantitative estimate of drug-likeness (QED) is 0.629. The summed E-state index contributed by atoms with van der Waals surface area (Å²) in [6.07, 6.45) is 6.62. The number of carbonyl (C=O) groups is 2. The number of para-hydroxylation sites is 1. The van der Waals surface area contributed by atoms with E-state index < -0.39 is 0 Å². The first-order valence-corrected chi connectivity index (χ1v) is 5.60. The molecule has 0 spiro atoms. The average molecular weight is 244 g/mol. The van der Waals surface area contributed by atoms with E-state index in [1.165, 1.54) is 6.08 Å². The molecule has 0 saturated carbocycles. The van der Waals surface area contributed by atoms with Crippen molar-refractivity contribution in [1.29, 1.82) is 0 Å². The second kappa shape index (κ2) is 7.06. The van der Waals surface area contributed by atoms with Crippen molar-refractivity contribution in [1.82, 2.24) is 5.32 Å². The highest BCUT2D eigenvalue weighted by Crippen LogP contribution is 2.14. The Morgan fingerprint density at radius 1 is 1.17 bits per heavy atom. The van der Waals surface area contributed by atoms with E-state index in [0.29, 0.717) is 11.3 Å². The minimum atomic E-state index is -0.274. The normalized spacial score (nSPS) is 10.8. The van der Waals surface area contributed by atoms with Gasteiger partial charge in [0.25, 0.3) is 5.91 Å². The third-order valence-corrected chi connectivity index (χ3v) is 2.21. The molecule has 0 radical (unpaired) electrons. The molecule has 4 nitrogen and oxygen atoms in total. The summed E-state index contributed by atoms with van der Waals surface area (Å²) in [5.74, 6) is -0.507. The van der Waals surface area contributed by atoms with Crippen molar-refractivity contribution in [3.8, 4) is 0 Å². The number of carbonyl (C=O) groups excluding carboxylic acids is 2. The van der Waals surface area contributed by atoms with Crippen molar-refractivity contribution in [2.24, 2.45) is 0 Å². The molecule has 2 amide bonds. The molecule has 0 aliphatic carbocycles. The van der Waals surface area contributed by atoms with Crippen LogP contribution < -0.4 is 10.6 Å². The molecule has 0 fully saturated rings. The van der Waals surface area contributed by atoms with Gasteiger partial charge >= 0.3 is 0 Å². The smallest absolute Gasteiger partial charge is 0.253 e. The second-order valence-corrected chi connectivity index (χ2v) is 3.50. The summed E-state index contributed by atoms with van der Waals surface area (Å²) in [6, 6.07) is 6.85. The van der Waals surface area contributed by atoms with Gasteiger partial charge in [0.2, 0.25) is 5.91 Å². The first-order chi connectivity index (χ1) is 8.69. The zero-order valence-corrected chi connectivity index (χ0v) is 10.4. The van der Waals surface area contributed by atoms with Crippen LogP contribution in [0.1, 0.15) is 17.3 Å². The van der Waals surface area contributed by atoms with Gasteiger partial charge in [-0.1, -0.05) is 30.4 Å². The SMILES string of the molecule is C/C=C/C=C/C(=O)Nc1ccccc1C(=O)NC. The molecule has 0 heterocycles. The standard InChI is InChI=1S/C14H16N2O2/c1-3-4-5-10-13(17)16-12-9-7-6-8-11(12)14(18)15-2/h3-10H,1-2H3,(H,15,18)(H,16,17)/b4-3+,10-5+. The number of allylic oxidation sites excluding steroid dienone is 3. The summed E-state index contributed by atoms with van der Waals surface area (Å²) in [6.45, 7) is 1.86. The van der Waals surface area contributed by atoms with Crippen LogP contribution in [0, 0.1) is 0 Å². The third kappa shape index (κ3) is 3.90. The molecule has 0 bridgehead atoms. The van der Waals surface area contributed by atoms with Crippen LogP contribution in [0.3, 0.4) is 0 Å². The number of hydrogen-bond acceptors (Lipinski definition) is 2. The highest BCUT2D eigenvalue weighted by atomic mass is 16.2. The van der Waals surface area contributed by atoms with Gasteiger partial charge in [-0.3, -0.25) is 9.59 Å². The summed E-state index contributed by atoms with van der Waals surface area (Å²) in [4.78, 5) is 23.2. The fourth-order valence-corrected chi connectivity index (χ4v) is 1.35. The Balaban J connectivity index is 2.84. The van der Waals surface area contributed by atoms with Gasteiger partial charge in [-0.25, -0.2) is 0 Å². The van der Waals surface area contributed by atoms with E-state index >= 15 is 0 Å². The third-order valence-electron chi connectivity index (χ3n) is 2.21. The van der Waals surface area contributed by atoms with Gasteiger partial charge in [0.05, 0.1) is 11.3 Å². The Morgan fingerprint density at radius 3 is 2.56 bits per heavy atom. The second-order valence-electron chi connectivity index (χ2n) is 3.50. The highest BCUT2D eigenvalue weighted by Gasteiger charge is 2.09. The van der Waals surface area contributed by atoms with Crippen LogP contribution in [0.5, 0.6) is 0 Å². The Kier molecular flexibility index (Phi) is 5.38. The molecule has 0 atom stereocenters. The van der Waals surface area contributed by atoms with Crippen LogP contribution in [-0.4, -0.2) is 18.9 Å². The molecule has 0 aliphatic heterocycles. The number of amides is 2. The van der Waals surface area contributed by atoms with Gasteiger partial charge < -0.3 is 10.6 Å². The van der Waals surface area contributed by atoms with Crippen molar-refractivity contribution in [3.05, 3.63) is 54.1 Å². The maximum Gasteiger partial charge on any atom is 0.253 e. The number of benzene rings is 1. The topological polar surface area (TPSA) is 58.2 Å². The molecule has 1 aromatic carbocycles. The molecule has 1 aromatic rings. The van der Waals surface area contributed by atoms with Crippen LogP contribution in [0.4, 0.5) is 5.69 Å². The summed E-state index contributed by atoms with van der Waals surface area (Å²) < 4.78 is 0. The van der Waals surface area contributed by atoms with E-state index in [-0.39, 0.29) is 11.8 Å². The molecule has 18 heavy (non-hydrogen) atoms. The zero-order chi connectivity index (χ0) is 13.4. The van der Waals surface area contributed by atoms with Gasteiger partial charge in [-0.2, -0.15) is 0 Å². The Morgan fingerprint density at radius 2 is 1.89 bits per heavy atom. The van der Waals surface area contributed by atoms with E-state index in [1.807, 2.05) is 13.0 Å². The summed E-state index contributed by atoms with van der Waals surface area (Å²) >= 11 is 0. The van der Waals surface area contributed by atoms with E-state index in [4.69, 9.17) is 0 Å². The van der Waals surface area contributed by atoms with Gasteiger partial charge in [-0.05, 0) is 19.1 Å². The number of hydrogen-bond donors (Lipinski definition) is 2. The Bertz CT molecular complexity index is 490. The Hall–Kier alpha value is -2.36. The van der Waals surface area contributed by atoms with Gasteiger partial charge in [0.15, 0.2) is 0 Å². The molecule has 2 N–H and O–H groups in total. The van der Waals surface area contributed by atoms with E-state index in [1.54, 1.807) is 43.5 Å². The summed E-state index contributed by atoms with van der Waals surface area (Å²) in [5.41, 5.74) is 0.930. The van der Waals surface area contributed by atoms with Gasteiger partial charge in [0, 0.05) is 13.1 Å². The lowest BCUT2D eigenvalue weighted by molar-refractivity contribution is -0.111. The minimum Gasteiger partial charge on any atom is -0.355 e. The van der Waals surface area contributed by atoms with Crippen molar-refractivity contribution in [2.45, 2.75) is 6.92 Å². The molecular formula is C14H16N2O2. The molecule has 0 saturated heterocycles. The Labute approximate surface area is 106 Å². The molecule has 0 aliphatic rings. The van der Waals surface area contributed by atoms with Crippen LogP contribution in [0.25, 0.3) is 0 Å². The molecule has 0 unspecified atom stereocenters. The predicted molar refractivity (Wildman–Crippen MR) is 72.4 cm³/mol. The summed E-state index contributed by atoms with van der Waals surface area (Å²) in [5, 5.41) is 5.19. The first-order valence-electron chi connectivity index (χ1n) is 5.60. The van der Waals surface area contributed by atoms with Crippen molar-refractivity contribution < 1.29 is 9.59 Å². The maximum atomic E-state index is 11.6. The molecule has 0 aromatic heterocycles. The molecule has 4 heteroatoms. The number of nitrogens with one attached hydrogen (secondary N) is 2. The lowest BCUT2D eigenvalue weighted by Crippen LogP contribution is -2.20. The van der Waals surface area contributed by atoms with E-state index in [9.17, 15) is 9.59 Å². The van der Waals surface area contributed by atoms with Crippen molar-refractivity contribution in [3.63, 3.8) is 0 Å². The largest absolute Gasteiger partial charge is 0.355 e. The first kappa shape index (κ1) is 13.7. The molecular weight excluding hydrogens is 228 g/mol. The number of anilines is 1. The lowest BCUT2D eigenvalue weighted by atomic mass is 10.1. The van der Waals surface area contributed by atoms with Crippen molar-refractivity contribution >= 4 is 17.5 Å². The fourth-order valence-electron chi connectivity index (χ4n) is 1.35. The zero-order valence-electron chi connectivity index (χ0n) is 10.4. The highest BCUT2D eigenvalue weighted by molar-refractivity contribution is 6.06. The lowest BCUT2D eigenvalue weighted by Gasteiger charge is -2.08. The fraction of sp³-hybridized carbons (Fsp3) is 0.143. The molecule has 94 valence electrons. The monoisotopic (exact) mass is 244 g/mol. The average Bonchev–Trinajstić information content (AvgIpc) is 2.39. The van der Waals surface area contributed by atoms with Crippen LogP contribution in [-0.2, 0) is 4.79 Å². The van der Waals surface area contributed by atoms with Crippen LogP contribution in [0.2, 0.25) is 0 Å². The maximum absolute atomic E-state index is 11.6.